The minimum absolute atomic E-state index is 0.0429. The summed E-state index contributed by atoms with van der Waals surface area (Å²) in [5.41, 5.74) is 1.29. The zero-order valence-electron chi connectivity index (χ0n) is 14.8. The molecule has 0 aliphatic carbocycles. The summed E-state index contributed by atoms with van der Waals surface area (Å²) < 4.78 is 37.7. The number of rotatable bonds is 5. The minimum Gasteiger partial charge on any atom is -0.454 e. The molecule has 142 valence electrons. The molecule has 0 saturated carbocycles. The number of benzene rings is 2. The van der Waals surface area contributed by atoms with E-state index in [2.05, 4.69) is 0 Å². The van der Waals surface area contributed by atoms with Gasteiger partial charge in [-0.2, -0.15) is 0 Å². The molecule has 1 atom stereocenters. The molecule has 0 spiro atoms. The van der Waals surface area contributed by atoms with Gasteiger partial charge in [0.05, 0.1) is 5.75 Å². The molecule has 2 aromatic rings. The number of carbonyl (C=O) groups excluding carboxylic acids is 1. The van der Waals surface area contributed by atoms with E-state index in [1.165, 1.54) is 4.31 Å². The van der Waals surface area contributed by atoms with Gasteiger partial charge in [0.25, 0.3) is 0 Å². The minimum atomic E-state index is -3.46. The van der Waals surface area contributed by atoms with E-state index in [1.54, 1.807) is 30.3 Å². The van der Waals surface area contributed by atoms with Crippen LogP contribution in [-0.4, -0.2) is 38.4 Å². The number of carbonyl (C=O) groups is 1. The molecule has 6 nitrogen and oxygen atoms in total. The van der Waals surface area contributed by atoms with Crippen LogP contribution in [0.15, 0.2) is 48.5 Å². The van der Waals surface area contributed by atoms with E-state index >= 15 is 0 Å². The molecule has 2 aliphatic rings. The second kappa shape index (κ2) is 7.32. The second-order valence-electron chi connectivity index (χ2n) is 6.87. The highest BCUT2D eigenvalue weighted by atomic mass is 32.2. The lowest BCUT2D eigenvalue weighted by atomic mass is 9.91. The van der Waals surface area contributed by atoms with Crippen LogP contribution in [0.4, 0.5) is 0 Å². The van der Waals surface area contributed by atoms with Crippen molar-refractivity contribution in [3.8, 4) is 11.5 Å². The quantitative estimate of drug-likeness (QED) is 0.738. The number of ether oxygens (including phenoxy) is 2. The summed E-state index contributed by atoms with van der Waals surface area (Å²) in [5, 5.41) is 0. The molecule has 2 heterocycles. The van der Waals surface area contributed by atoms with Gasteiger partial charge in [0, 0.05) is 24.6 Å². The monoisotopic (exact) mass is 387 g/mol. The molecule has 1 fully saturated rings. The van der Waals surface area contributed by atoms with Crippen LogP contribution >= 0.6 is 0 Å². The average Bonchev–Trinajstić information content (AvgIpc) is 3.16. The first-order valence-corrected chi connectivity index (χ1v) is 10.6. The van der Waals surface area contributed by atoms with Gasteiger partial charge in [-0.15, -0.1) is 0 Å². The normalized spacial score (nSPS) is 19.8. The predicted molar refractivity (Wildman–Crippen MR) is 100 cm³/mol. The molecular formula is C20H21NO5S. The maximum atomic E-state index is 12.9. The summed E-state index contributed by atoms with van der Waals surface area (Å²) in [6.07, 6.45) is 1.36. The summed E-state index contributed by atoms with van der Waals surface area (Å²) in [6, 6.07) is 14.2. The standard InChI is InChI=1S/C20H21NO5S/c22-20(16-8-9-18-19(11-16)26-14-25-18)17-7-4-10-21(12-17)27(23,24)13-15-5-2-1-3-6-15/h1-3,5-6,8-9,11,17H,4,7,10,12-14H2/t17-/m0/s1. The van der Waals surface area contributed by atoms with Crippen LogP contribution < -0.4 is 9.47 Å². The van der Waals surface area contributed by atoms with E-state index in [1.807, 2.05) is 18.2 Å². The Balaban J connectivity index is 1.48. The van der Waals surface area contributed by atoms with Gasteiger partial charge in [-0.25, -0.2) is 12.7 Å². The third kappa shape index (κ3) is 3.84. The molecule has 0 radical (unpaired) electrons. The van der Waals surface area contributed by atoms with Crippen molar-refractivity contribution in [3.63, 3.8) is 0 Å². The van der Waals surface area contributed by atoms with Crippen molar-refractivity contribution in [1.29, 1.82) is 0 Å². The average molecular weight is 387 g/mol. The fourth-order valence-corrected chi connectivity index (χ4v) is 5.18. The van der Waals surface area contributed by atoms with Crippen LogP contribution in [0.3, 0.4) is 0 Å². The molecule has 2 aromatic carbocycles. The van der Waals surface area contributed by atoms with Crippen LogP contribution in [0.2, 0.25) is 0 Å². The van der Waals surface area contributed by atoms with Crippen molar-refractivity contribution in [2.45, 2.75) is 18.6 Å². The van der Waals surface area contributed by atoms with Crippen LogP contribution in [0.1, 0.15) is 28.8 Å². The van der Waals surface area contributed by atoms with E-state index in [9.17, 15) is 13.2 Å². The van der Waals surface area contributed by atoms with Crippen molar-refractivity contribution in [2.24, 2.45) is 5.92 Å². The third-order valence-electron chi connectivity index (χ3n) is 5.00. The fourth-order valence-electron chi connectivity index (χ4n) is 3.57. The first-order valence-electron chi connectivity index (χ1n) is 8.98. The summed E-state index contributed by atoms with van der Waals surface area (Å²) in [7, 11) is -3.46. The summed E-state index contributed by atoms with van der Waals surface area (Å²) in [6.45, 7) is 0.838. The Kier molecular flexibility index (Phi) is 4.88. The second-order valence-corrected chi connectivity index (χ2v) is 8.84. The molecule has 1 saturated heterocycles. The molecule has 2 aliphatic heterocycles. The molecule has 0 N–H and O–H groups in total. The van der Waals surface area contributed by atoms with E-state index in [-0.39, 0.29) is 30.8 Å². The summed E-state index contributed by atoms with van der Waals surface area (Å²) >= 11 is 0. The zero-order chi connectivity index (χ0) is 18.9. The number of ketones is 1. The smallest absolute Gasteiger partial charge is 0.231 e. The van der Waals surface area contributed by atoms with E-state index in [0.29, 0.717) is 36.4 Å². The Morgan fingerprint density at radius 2 is 1.85 bits per heavy atom. The molecule has 0 aromatic heterocycles. The first kappa shape index (κ1) is 18.0. The van der Waals surface area contributed by atoms with E-state index in [0.717, 1.165) is 5.56 Å². The maximum absolute atomic E-state index is 12.9. The van der Waals surface area contributed by atoms with Crippen molar-refractivity contribution in [3.05, 3.63) is 59.7 Å². The van der Waals surface area contributed by atoms with Gasteiger partial charge in [-0.05, 0) is 36.6 Å². The Hall–Kier alpha value is -2.38. The van der Waals surface area contributed by atoms with Crippen LogP contribution in [0, 0.1) is 5.92 Å². The van der Waals surface area contributed by atoms with Crippen LogP contribution in [-0.2, 0) is 15.8 Å². The number of hydrogen-bond acceptors (Lipinski definition) is 5. The van der Waals surface area contributed by atoms with Crippen LogP contribution in [0.5, 0.6) is 11.5 Å². The van der Waals surface area contributed by atoms with Gasteiger partial charge in [-0.1, -0.05) is 30.3 Å². The molecule has 0 unspecified atom stereocenters. The molecule has 7 heteroatoms. The molecule has 27 heavy (non-hydrogen) atoms. The van der Waals surface area contributed by atoms with Crippen molar-refractivity contribution >= 4 is 15.8 Å². The van der Waals surface area contributed by atoms with Gasteiger partial charge in [-0.3, -0.25) is 4.79 Å². The van der Waals surface area contributed by atoms with Crippen molar-refractivity contribution in [1.82, 2.24) is 4.31 Å². The molecule has 0 amide bonds. The topological polar surface area (TPSA) is 72.9 Å². The van der Waals surface area contributed by atoms with Gasteiger partial charge < -0.3 is 9.47 Å². The zero-order valence-corrected chi connectivity index (χ0v) is 15.7. The number of nitrogens with zero attached hydrogens (tertiary/aromatic N) is 1. The SMILES string of the molecule is O=C(c1ccc2c(c1)OCO2)[C@H]1CCCN(S(=O)(=O)Cc2ccccc2)C1. The summed E-state index contributed by atoms with van der Waals surface area (Å²) in [5.74, 6) is 0.753. The highest BCUT2D eigenvalue weighted by molar-refractivity contribution is 7.88. The Bertz CT molecular complexity index is 942. The highest BCUT2D eigenvalue weighted by Crippen LogP contribution is 2.34. The lowest BCUT2D eigenvalue weighted by Crippen LogP contribution is -2.42. The number of piperidine rings is 1. The van der Waals surface area contributed by atoms with E-state index < -0.39 is 10.0 Å². The number of sulfonamides is 1. The van der Waals surface area contributed by atoms with E-state index in [4.69, 9.17) is 9.47 Å². The van der Waals surface area contributed by atoms with Crippen LogP contribution in [0.25, 0.3) is 0 Å². The fraction of sp³-hybridized carbons (Fsp3) is 0.350. The largest absolute Gasteiger partial charge is 0.454 e. The van der Waals surface area contributed by atoms with Gasteiger partial charge in [0.1, 0.15) is 0 Å². The van der Waals surface area contributed by atoms with Gasteiger partial charge in [0.15, 0.2) is 17.3 Å². The Morgan fingerprint density at radius 3 is 2.67 bits per heavy atom. The molecule has 4 rings (SSSR count). The van der Waals surface area contributed by atoms with Crippen molar-refractivity contribution in [2.75, 3.05) is 19.9 Å². The van der Waals surface area contributed by atoms with Gasteiger partial charge in [0.2, 0.25) is 16.8 Å². The Morgan fingerprint density at radius 1 is 1.07 bits per heavy atom. The third-order valence-corrected chi connectivity index (χ3v) is 6.81. The number of hydrogen-bond donors (Lipinski definition) is 0. The van der Waals surface area contributed by atoms with Gasteiger partial charge >= 0.3 is 0 Å². The molecular weight excluding hydrogens is 366 g/mol. The Labute approximate surface area is 158 Å². The highest BCUT2D eigenvalue weighted by Gasteiger charge is 2.33. The summed E-state index contributed by atoms with van der Waals surface area (Å²) in [4.78, 5) is 12.9. The number of fused-ring (bicyclic) bond motifs is 1. The maximum Gasteiger partial charge on any atom is 0.231 e. The lowest BCUT2D eigenvalue weighted by Gasteiger charge is -2.31. The first-order chi connectivity index (χ1) is 13.0. The van der Waals surface area contributed by atoms with Crippen molar-refractivity contribution < 1.29 is 22.7 Å². The predicted octanol–water partition coefficient (Wildman–Crippen LogP) is 2.84. The number of Topliss-reactive ketones (excluding diaryl/α,β-unsaturated/α-hetero) is 1. The lowest BCUT2D eigenvalue weighted by molar-refractivity contribution is 0.0872. The molecule has 0 bridgehead atoms.